The molecule has 0 bridgehead atoms. The predicted octanol–water partition coefficient (Wildman–Crippen LogP) is 3.50. The first-order valence-electron chi connectivity index (χ1n) is 7.38. The Bertz CT molecular complexity index is 666. The SMILES string of the molecule is CCOC(=O)[C@@H]1Oc2ccc([C@H](C)c3ccccc3)cc2O1. The number of carbonyl (C=O) groups excluding carboxylic acids is 1. The fourth-order valence-corrected chi connectivity index (χ4v) is 2.48. The van der Waals surface area contributed by atoms with Crippen LogP contribution >= 0.6 is 0 Å². The summed E-state index contributed by atoms with van der Waals surface area (Å²) in [6.45, 7) is 4.18. The molecule has 0 saturated carbocycles. The minimum atomic E-state index is -1.00. The van der Waals surface area contributed by atoms with Gasteiger partial charge in [0.2, 0.25) is 0 Å². The lowest BCUT2D eigenvalue weighted by Crippen LogP contribution is -2.30. The molecule has 2 atom stereocenters. The number of fused-ring (bicyclic) bond motifs is 1. The molecule has 0 aliphatic carbocycles. The second kappa shape index (κ2) is 6.10. The molecule has 0 fully saturated rings. The molecule has 1 aliphatic heterocycles. The van der Waals surface area contributed by atoms with Crippen molar-refractivity contribution < 1.29 is 19.0 Å². The van der Waals surface area contributed by atoms with Gasteiger partial charge >= 0.3 is 12.3 Å². The van der Waals surface area contributed by atoms with Gasteiger partial charge in [-0.1, -0.05) is 43.3 Å². The topological polar surface area (TPSA) is 44.8 Å². The molecule has 4 nitrogen and oxygen atoms in total. The Balaban J connectivity index is 1.79. The van der Waals surface area contributed by atoms with Crippen molar-refractivity contribution in [2.24, 2.45) is 0 Å². The van der Waals surface area contributed by atoms with Crippen LogP contribution in [0.4, 0.5) is 0 Å². The molecular weight excluding hydrogens is 280 g/mol. The van der Waals surface area contributed by atoms with E-state index < -0.39 is 12.3 Å². The summed E-state index contributed by atoms with van der Waals surface area (Å²) in [4.78, 5) is 11.7. The first-order chi connectivity index (χ1) is 10.7. The van der Waals surface area contributed by atoms with E-state index in [0.717, 1.165) is 5.56 Å². The van der Waals surface area contributed by atoms with Crippen molar-refractivity contribution in [3.05, 3.63) is 59.7 Å². The molecule has 0 aromatic heterocycles. The Morgan fingerprint density at radius 1 is 1.09 bits per heavy atom. The van der Waals surface area contributed by atoms with E-state index in [0.29, 0.717) is 18.1 Å². The largest absolute Gasteiger partial charge is 0.460 e. The van der Waals surface area contributed by atoms with E-state index in [1.165, 1.54) is 5.56 Å². The summed E-state index contributed by atoms with van der Waals surface area (Å²) in [5.74, 6) is 0.883. The van der Waals surface area contributed by atoms with Crippen molar-refractivity contribution in [2.75, 3.05) is 6.61 Å². The zero-order chi connectivity index (χ0) is 15.5. The molecule has 3 rings (SSSR count). The van der Waals surface area contributed by atoms with Gasteiger partial charge in [-0.15, -0.1) is 0 Å². The zero-order valence-corrected chi connectivity index (χ0v) is 12.6. The van der Waals surface area contributed by atoms with E-state index in [-0.39, 0.29) is 5.92 Å². The third kappa shape index (κ3) is 2.77. The van der Waals surface area contributed by atoms with E-state index in [1.54, 1.807) is 6.92 Å². The number of hydrogen-bond acceptors (Lipinski definition) is 4. The fraction of sp³-hybridized carbons (Fsp3) is 0.278. The van der Waals surface area contributed by atoms with Crippen LogP contribution in [0.25, 0.3) is 0 Å². The van der Waals surface area contributed by atoms with Crippen LogP contribution in [0.3, 0.4) is 0 Å². The Morgan fingerprint density at radius 3 is 2.55 bits per heavy atom. The summed E-state index contributed by atoms with van der Waals surface area (Å²) in [6.07, 6.45) is -1.00. The Morgan fingerprint density at radius 2 is 1.82 bits per heavy atom. The third-order valence-electron chi connectivity index (χ3n) is 3.71. The van der Waals surface area contributed by atoms with E-state index in [1.807, 2.05) is 36.4 Å². The Hall–Kier alpha value is -2.49. The maximum atomic E-state index is 11.7. The van der Waals surface area contributed by atoms with Crippen molar-refractivity contribution in [3.8, 4) is 11.5 Å². The van der Waals surface area contributed by atoms with Crippen LogP contribution in [0, 0.1) is 0 Å². The van der Waals surface area contributed by atoms with Gasteiger partial charge in [0.05, 0.1) is 6.61 Å². The lowest BCUT2D eigenvalue weighted by molar-refractivity contribution is -0.161. The van der Waals surface area contributed by atoms with Gasteiger partial charge in [0, 0.05) is 5.92 Å². The summed E-state index contributed by atoms with van der Waals surface area (Å²) in [7, 11) is 0. The summed E-state index contributed by atoms with van der Waals surface area (Å²) in [5, 5.41) is 0. The van der Waals surface area contributed by atoms with Crippen LogP contribution in [-0.2, 0) is 9.53 Å². The van der Waals surface area contributed by atoms with E-state index in [9.17, 15) is 4.79 Å². The number of hydrogen-bond donors (Lipinski definition) is 0. The van der Waals surface area contributed by atoms with E-state index in [2.05, 4.69) is 19.1 Å². The highest BCUT2D eigenvalue weighted by Crippen LogP contribution is 2.38. The van der Waals surface area contributed by atoms with Crippen LogP contribution in [0.15, 0.2) is 48.5 Å². The molecule has 2 aromatic carbocycles. The first kappa shape index (κ1) is 14.4. The Labute approximate surface area is 129 Å². The molecule has 0 amide bonds. The standard InChI is InChI=1S/C18H18O4/c1-3-20-17(19)18-21-15-10-9-14(11-16(15)22-18)12(2)13-7-5-4-6-8-13/h4-12,18H,3H2,1-2H3/t12-,18-/m1/s1. The number of carbonyl (C=O) groups is 1. The molecule has 114 valence electrons. The molecule has 1 heterocycles. The molecule has 0 saturated heterocycles. The second-order valence-corrected chi connectivity index (χ2v) is 5.16. The van der Waals surface area contributed by atoms with Gasteiger partial charge in [0.25, 0.3) is 0 Å². The number of benzene rings is 2. The predicted molar refractivity (Wildman–Crippen MR) is 82.1 cm³/mol. The van der Waals surface area contributed by atoms with Crippen LogP contribution in [-0.4, -0.2) is 18.9 Å². The lowest BCUT2D eigenvalue weighted by Gasteiger charge is -2.12. The van der Waals surface area contributed by atoms with Gasteiger partial charge in [-0.3, -0.25) is 0 Å². The monoisotopic (exact) mass is 298 g/mol. The smallest absolute Gasteiger partial charge is 0.389 e. The highest BCUT2D eigenvalue weighted by Gasteiger charge is 2.32. The number of esters is 1. The molecule has 0 spiro atoms. The molecule has 2 aromatic rings. The van der Waals surface area contributed by atoms with Crippen molar-refractivity contribution in [3.63, 3.8) is 0 Å². The normalized spacial score (nSPS) is 17.1. The molecule has 1 aliphatic rings. The van der Waals surface area contributed by atoms with Crippen LogP contribution in [0.5, 0.6) is 11.5 Å². The summed E-state index contributed by atoms with van der Waals surface area (Å²) >= 11 is 0. The van der Waals surface area contributed by atoms with Crippen LogP contribution in [0.1, 0.15) is 30.9 Å². The summed E-state index contributed by atoms with van der Waals surface area (Å²) < 4.78 is 15.9. The third-order valence-corrected chi connectivity index (χ3v) is 3.71. The van der Waals surface area contributed by atoms with Gasteiger partial charge in [0.15, 0.2) is 11.5 Å². The van der Waals surface area contributed by atoms with Crippen molar-refractivity contribution in [1.82, 2.24) is 0 Å². The number of ether oxygens (including phenoxy) is 3. The zero-order valence-electron chi connectivity index (χ0n) is 12.6. The van der Waals surface area contributed by atoms with Gasteiger partial charge in [0.1, 0.15) is 0 Å². The molecule has 4 heteroatoms. The van der Waals surface area contributed by atoms with Gasteiger partial charge in [-0.05, 0) is 30.2 Å². The Kier molecular flexibility index (Phi) is 4.00. The van der Waals surface area contributed by atoms with Gasteiger partial charge < -0.3 is 14.2 Å². The van der Waals surface area contributed by atoms with Gasteiger partial charge in [-0.2, -0.15) is 0 Å². The van der Waals surface area contributed by atoms with Gasteiger partial charge in [-0.25, -0.2) is 4.79 Å². The van der Waals surface area contributed by atoms with Crippen molar-refractivity contribution >= 4 is 5.97 Å². The van der Waals surface area contributed by atoms with Crippen molar-refractivity contribution in [1.29, 1.82) is 0 Å². The minimum absolute atomic E-state index is 0.233. The summed E-state index contributed by atoms with van der Waals surface area (Å²) in [6, 6.07) is 16.0. The van der Waals surface area contributed by atoms with Crippen LogP contribution < -0.4 is 9.47 Å². The summed E-state index contributed by atoms with van der Waals surface area (Å²) in [5.41, 5.74) is 2.33. The molecule has 0 radical (unpaired) electrons. The maximum Gasteiger partial charge on any atom is 0.389 e. The van der Waals surface area contributed by atoms with E-state index in [4.69, 9.17) is 14.2 Å². The maximum absolute atomic E-state index is 11.7. The molecule has 22 heavy (non-hydrogen) atoms. The number of rotatable bonds is 4. The molecule has 0 N–H and O–H groups in total. The average molecular weight is 298 g/mol. The lowest BCUT2D eigenvalue weighted by atomic mass is 9.93. The second-order valence-electron chi connectivity index (χ2n) is 5.16. The quantitative estimate of drug-likeness (QED) is 0.810. The minimum Gasteiger partial charge on any atom is -0.460 e. The first-order valence-corrected chi connectivity index (χ1v) is 7.38. The highest BCUT2D eigenvalue weighted by atomic mass is 16.7. The van der Waals surface area contributed by atoms with Crippen molar-refractivity contribution in [2.45, 2.75) is 26.1 Å². The van der Waals surface area contributed by atoms with E-state index >= 15 is 0 Å². The van der Waals surface area contributed by atoms with Crippen LogP contribution in [0.2, 0.25) is 0 Å². The molecular formula is C18H18O4. The molecule has 0 unspecified atom stereocenters. The highest BCUT2D eigenvalue weighted by molar-refractivity contribution is 5.75. The average Bonchev–Trinajstić information content (AvgIpc) is 2.98. The fourth-order valence-electron chi connectivity index (χ4n) is 2.48.